The fourth-order valence-electron chi connectivity index (χ4n) is 5.89. The first-order chi connectivity index (χ1) is 14.4. The van der Waals surface area contributed by atoms with E-state index in [4.69, 9.17) is 9.47 Å². The second-order valence-electron chi connectivity index (χ2n) is 9.14. The van der Waals surface area contributed by atoms with Crippen molar-refractivity contribution in [2.24, 2.45) is 17.8 Å². The normalized spacial score (nSPS) is 29.7. The predicted molar refractivity (Wildman–Crippen MR) is 110 cm³/mol. The Morgan fingerprint density at radius 2 is 1.63 bits per heavy atom. The number of amides is 3. The average Bonchev–Trinajstić information content (AvgIpc) is 2.69. The molecule has 5 rings (SSSR count). The number of urea groups is 1. The molecule has 0 aliphatic heterocycles. The molecule has 0 heterocycles. The van der Waals surface area contributed by atoms with Crippen molar-refractivity contribution in [1.82, 2.24) is 10.6 Å². The van der Waals surface area contributed by atoms with Gasteiger partial charge in [0, 0.05) is 5.54 Å². The molecule has 0 spiro atoms. The van der Waals surface area contributed by atoms with Crippen LogP contribution in [-0.4, -0.2) is 36.2 Å². The number of hydrogen-bond donors (Lipinski definition) is 2. The summed E-state index contributed by atoms with van der Waals surface area (Å²) >= 11 is 0. The first-order valence-electron chi connectivity index (χ1n) is 10.9. The number of nitrogens with one attached hydrogen (secondary N) is 2. The van der Waals surface area contributed by atoms with Crippen LogP contribution in [-0.2, 0) is 14.3 Å². The molecule has 7 heteroatoms. The number of hydrogen-bond acceptors (Lipinski definition) is 5. The molecular formula is C23H30N2O5. The largest absolute Gasteiger partial charge is 0.479 e. The highest BCUT2D eigenvalue weighted by Gasteiger charge is 2.51. The van der Waals surface area contributed by atoms with E-state index in [1.165, 1.54) is 19.3 Å². The van der Waals surface area contributed by atoms with Crippen LogP contribution in [0.5, 0.6) is 5.75 Å². The molecule has 0 radical (unpaired) electrons. The molecule has 0 aromatic heterocycles. The van der Waals surface area contributed by atoms with Crippen LogP contribution >= 0.6 is 0 Å². The molecule has 30 heavy (non-hydrogen) atoms. The van der Waals surface area contributed by atoms with E-state index in [1.807, 2.05) is 18.2 Å². The number of carbonyl (C=O) groups excluding carboxylic acids is 3. The van der Waals surface area contributed by atoms with E-state index in [-0.39, 0.29) is 5.54 Å². The summed E-state index contributed by atoms with van der Waals surface area (Å²) in [4.78, 5) is 36.8. The Kier molecular flexibility index (Phi) is 5.97. The lowest BCUT2D eigenvalue weighted by molar-refractivity contribution is -0.155. The van der Waals surface area contributed by atoms with Gasteiger partial charge in [0.1, 0.15) is 5.75 Å². The molecule has 1 aromatic carbocycles. The summed E-state index contributed by atoms with van der Waals surface area (Å²) in [5.41, 5.74) is -0.174. The van der Waals surface area contributed by atoms with Gasteiger partial charge in [0.15, 0.2) is 12.7 Å². The molecule has 4 saturated carbocycles. The molecule has 4 aliphatic carbocycles. The van der Waals surface area contributed by atoms with Crippen molar-refractivity contribution >= 4 is 17.9 Å². The van der Waals surface area contributed by atoms with Gasteiger partial charge < -0.3 is 14.8 Å². The van der Waals surface area contributed by atoms with Crippen LogP contribution in [0.4, 0.5) is 4.79 Å². The van der Waals surface area contributed by atoms with Crippen LogP contribution in [0, 0.1) is 17.8 Å². The number of rotatable bonds is 7. The molecule has 7 nitrogen and oxygen atoms in total. The first kappa shape index (κ1) is 20.7. The van der Waals surface area contributed by atoms with Gasteiger partial charge in [-0.25, -0.2) is 9.59 Å². The number of benzene rings is 1. The third-order valence-corrected chi connectivity index (χ3v) is 6.67. The van der Waals surface area contributed by atoms with Gasteiger partial charge in [-0.2, -0.15) is 0 Å². The summed E-state index contributed by atoms with van der Waals surface area (Å²) in [7, 11) is 0. The molecule has 4 fully saturated rings. The van der Waals surface area contributed by atoms with Crippen molar-refractivity contribution < 1.29 is 23.9 Å². The first-order valence-corrected chi connectivity index (χ1v) is 10.9. The van der Waals surface area contributed by atoms with E-state index in [9.17, 15) is 14.4 Å². The zero-order valence-corrected chi connectivity index (χ0v) is 17.4. The molecule has 1 aromatic rings. The Balaban J connectivity index is 1.22. The van der Waals surface area contributed by atoms with Crippen LogP contribution in [0.15, 0.2) is 30.3 Å². The summed E-state index contributed by atoms with van der Waals surface area (Å²) in [6.45, 7) is 1.29. The second kappa shape index (κ2) is 8.66. The van der Waals surface area contributed by atoms with Gasteiger partial charge in [0.2, 0.25) is 0 Å². The van der Waals surface area contributed by atoms with E-state index >= 15 is 0 Å². The van der Waals surface area contributed by atoms with Crippen molar-refractivity contribution in [2.45, 2.75) is 63.5 Å². The minimum atomic E-state index is -0.805. The number of ether oxygens (including phenoxy) is 2. The summed E-state index contributed by atoms with van der Waals surface area (Å²) in [6.07, 6.45) is 6.45. The van der Waals surface area contributed by atoms with Crippen molar-refractivity contribution in [2.75, 3.05) is 6.61 Å². The monoisotopic (exact) mass is 414 g/mol. The quantitative estimate of drug-likeness (QED) is 0.669. The third kappa shape index (κ3) is 4.77. The molecule has 4 bridgehead atoms. The van der Waals surface area contributed by atoms with Gasteiger partial charge in [0.05, 0.1) is 0 Å². The zero-order valence-electron chi connectivity index (χ0n) is 17.4. The number of esters is 1. The van der Waals surface area contributed by atoms with Crippen molar-refractivity contribution in [3.8, 4) is 5.75 Å². The lowest BCUT2D eigenvalue weighted by atomic mass is 9.53. The van der Waals surface area contributed by atoms with E-state index in [0.29, 0.717) is 29.9 Å². The van der Waals surface area contributed by atoms with E-state index in [1.54, 1.807) is 19.1 Å². The lowest BCUT2D eigenvalue weighted by Crippen LogP contribution is -2.62. The van der Waals surface area contributed by atoms with Gasteiger partial charge in [-0.05, 0) is 74.8 Å². The molecular weight excluding hydrogens is 384 g/mol. The molecule has 162 valence electrons. The molecule has 1 atom stereocenters. The predicted octanol–water partition coefficient (Wildman–Crippen LogP) is 3.18. The summed E-state index contributed by atoms with van der Waals surface area (Å²) in [5.74, 6) is 1.38. The van der Waals surface area contributed by atoms with E-state index < -0.39 is 30.6 Å². The summed E-state index contributed by atoms with van der Waals surface area (Å²) in [5, 5.41) is 5.38. The van der Waals surface area contributed by atoms with Crippen molar-refractivity contribution in [3.63, 3.8) is 0 Å². The van der Waals surface area contributed by atoms with Gasteiger partial charge >= 0.3 is 12.0 Å². The fraction of sp³-hybridized carbons (Fsp3) is 0.609. The van der Waals surface area contributed by atoms with Gasteiger partial charge in [-0.3, -0.25) is 10.1 Å². The number of imide groups is 1. The summed E-state index contributed by atoms with van der Waals surface area (Å²) < 4.78 is 10.7. The smallest absolute Gasteiger partial charge is 0.347 e. The van der Waals surface area contributed by atoms with Crippen molar-refractivity contribution in [3.05, 3.63) is 30.3 Å². The van der Waals surface area contributed by atoms with Crippen LogP contribution in [0.25, 0.3) is 0 Å². The average molecular weight is 415 g/mol. The van der Waals surface area contributed by atoms with Gasteiger partial charge in [0.25, 0.3) is 5.91 Å². The van der Waals surface area contributed by atoms with Crippen LogP contribution in [0.2, 0.25) is 0 Å². The number of carbonyl (C=O) groups is 3. The number of para-hydroxylation sites is 1. The molecule has 0 unspecified atom stereocenters. The third-order valence-electron chi connectivity index (χ3n) is 6.67. The Morgan fingerprint density at radius 3 is 2.20 bits per heavy atom. The minimum Gasteiger partial charge on any atom is -0.479 e. The highest BCUT2D eigenvalue weighted by Crippen LogP contribution is 2.55. The highest BCUT2D eigenvalue weighted by molar-refractivity contribution is 5.96. The van der Waals surface area contributed by atoms with Crippen molar-refractivity contribution in [1.29, 1.82) is 0 Å². The lowest BCUT2D eigenvalue weighted by Gasteiger charge is -2.56. The van der Waals surface area contributed by atoms with Crippen LogP contribution < -0.4 is 15.4 Å². The van der Waals surface area contributed by atoms with Crippen LogP contribution in [0.1, 0.15) is 51.9 Å². The maximum Gasteiger partial charge on any atom is 0.347 e. The zero-order chi connectivity index (χ0) is 21.1. The fourth-order valence-corrected chi connectivity index (χ4v) is 5.89. The van der Waals surface area contributed by atoms with E-state index in [0.717, 1.165) is 19.3 Å². The van der Waals surface area contributed by atoms with Crippen LogP contribution in [0.3, 0.4) is 0 Å². The maximum absolute atomic E-state index is 12.4. The molecule has 4 aliphatic rings. The molecule has 2 N–H and O–H groups in total. The van der Waals surface area contributed by atoms with Gasteiger partial charge in [-0.1, -0.05) is 25.1 Å². The second-order valence-corrected chi connectivity index (χ2v) is 9.14. The topological polar surface area (TPSA) is 93.7 Å². The highest BCUT2D eigenvalue weighted by atomic mass is 16.6. The standard InChI is InChI=1S/C23H30N2O5/c1-2-19(30-18-6-4-3-5-7-18)21(27)29-14-20(26)24-22(28)25-23-11-15-8-16(12-23)10-17(9-15)13-23/h3-7,15-17,19H,2,8-14H2,1H3,(H2,24,25,26,28)/t15?,16?,17?,19-,23?/m1/s1. The molecule has 3 amide bonds. The van der Waals surface area contributed by atoms with Gasteiger partial charge in [-0.15, -0.1) is 0 Å². The summed E-state index contributed by atoms with van der Waals surface area (Å²) in [6, 6.07) is 8.47. The Hall–Kier alpha value is -2.57. The van der Waals surface area contributed by atoms with E-state index in [2.05, 4.69) is 10.6 Å². The Bertz CT molecular complexity index is 759. The Labute approximate surface area is 176 Å². The SMILES string of the molecule is CC[C@@H](Oc1ccccc1)C(=O)OCC(=O)NC(=O)NC12CC3CC(CC(C3)C1)C2. The molecule has 0 saturated heterocycles. The maximum atomic E-state index is 12.4. The minimum absolute atomic E-state index is 0.174. The Morgan fingerprint density at radius 1 is 1.03 bits per heavy atom.